The first-order valence-corrected chi connectivity index (χ1v) is 21.4. The second-order valence-electron chi connectivity index (χ2n) is 15.6. The molecule has 0 aliphatic rings. The van der Waals surface area contributed by atoms with Crippen molar-refractivity contribution in [3.05, 3.63) is 224 Å². The minimum Gasteiger partial charge on any atom is -0.310 e. The van der Waals surface area contributed by atoms with Crippen molar-refractivity contribution in [1.82, 2.24) is 0 Å². The van der Waals surface area contributed by atoms with Gasteiger partial charge in [-0.3, -0.25) is 0 Å². The van der Waals surface area contributed by atoms with Gasteiger partial charge in [0.25, 0.3) is 0 Å². The molecule has 0 aliphatic carbocycles. The van der Waals surface area contributed by atoms with E-state index in [1.807, 2.05) is 11.3 Å². The van der Waals surface area contributed by atoms with Crippen molar-refractivity contribution >= 4 is 91.7 Å². The Hall–Kier alpha value is -7.52. The Morgan fingerprint density at radius 1 is 0.267 bits per heavy atom. The van der Waals surface area contributed by atoms with E-state index in [-0.39, 0.29) is 0 Å². The Kier molecular flexibility index (Phi) is 8.11. The quantitative estimate of drug-likeness (QED) is 0.152. The maximum atomic E-state index is 2.42. The lowest BCUT2D eigenvalue weighted by Crippen LogP contribution is -2.10. The third kappa shape index (κ3) is 5.68. The van der Waals surface area contributed by atoms with Crippen LogP contribution in [0.5, 0.6) is 0 Å². The lowest BCUT2D eigenvalue weighted by atomic mass is 9.92. The first-order valence-electron chi connectivity index (χ1n) is 20.6. The summed E-state index contributed by atoms with van der Waals surface area (Å²) in [5.41, 5.74) is 10.6. The molecule has 0 spiro atoms. The van der Waals surface area contributed by atoms with E-state index in [4.69, 9.17) is 0 Å². The van der Waals surface area contributed by atoms with Crippen molar-refractivity contribution in [3.63, 3.8) is 0 Å². The van der Waals surface area contributed by atoms with Crippen LogP contribution in [0.15, 0.2) is 224 Å². The molecule has 1 aromatic heterocycles. The lowest BCUT2D eigenvalue weighted by molar-refractivity contribution is 1.28. The Bertz CT molecular complexity index is 3450. The van der Waals surface area contributed by atoms with Crippen LogP contribution in [-0.4, -0.2) is 0 Å². The van der Waals surface area contributed by atoms with E-state index in [0.717, 1.165) is 17.1 Å². The smallest absolute Gasteiger partial charge is 0.0467 e. The molecule has 0 bridgehead atoms. The van der Waals surface area contributed by atoms with Crippen LogP contribution in [0.3, 0.4) is 0 Å². The molecule has 2 heteroatoms. The van der Waals surface area contributed by atoms with E-state index in [2.05, 4.69) is 229 Å². The average molecular weight is 780 g/mol. The predicted molar refractivity (Wildman–Crippen MR) is 260 cm³/mol. The van der Waals surface area contributed by atoms with Crippen molar-refractivity contribution in [2.24, 2.45) is 0 Å². The van der Waals surface area contributed by atoms with Crippen LogP contribution in [0.2, 0.25) is 0 Å². The van der Waals surface area contributed by atoms with E-state index in [1.54, 1.807) is 0 Å². The van der Waals surface area contributed by atoms with Gasteiger partial charge in [-0.2, -0.15) is 0 Å². The number of nitrogens with zero attached hydrogens (tertiary/aromatic N) is 1. The van der Waals surface area contributed by atoms with E-state index < -0.39 is 0 Å². The van der Waals surface area contributed by atoms with Gasteiger partial charge in [-0.05, 0) is 131 Å². The second-order valence-corrected chi connectivity index (χ2v) is 16.7. The molecular weight excluding hydrogens is 743 g/mol. The molecule has 280 valence electrons. The summed E-state index contributed by atoms with van der Waals surface area (Å²) in [6, 6.07) is 82.5. The molecule has 0 aliphatic heterocycles. The van der Waals surface area contributed by atoms with Crippen molar-refractivity contribution in [3.8, 4) is 33.4 Å². The Balaban J connectivity index is 1.04. The number of rotatable bonds is 6. The fraction of sp³-hybridized carbons (Fsp3) is 0. The van der Waals surface area contributed by atoms with Crippen molar-refractivity contribution in [1.29, 1.82) is 0 Å². The van der Waals surface area contributed by atoms with Gasteiger partial charge in [0, 0.05) is 37.2 Å². The van der Waals surface area contributed by atoms with Crippen LogP contribution in [0.25, 0.3) is 96.6 Å². The summed E-state index contributed by atoms with van der Waals surface area (Å²) < 4.78 is 2.65. The first kappa shape index (κ1) is 34.5. The minimum atomic E-state index is 1.10. The van der Waals surface area contributed by atoms with Crippen molar-refractivity contribution in [2.75, 3.05) is 4.90 Å². The Morgan fingerprint density at radius 3 is 1.32 bits per heavy atom. The SMILES string of the molecule is c1cc(-c2cc3ccccc3c3ccccc23)cc(N(c2ccc(-c3cccc4c3sc3ccccc34)cc2)c2cccc(-c3cc4ccccc4c4ccccc34)c2)c1. The maximum absolute atomic E-state index is 2.42. The highest BCUT2D eigenvalue weighted by molar-refractivity contribution is 7.26. The lowest BCUT2D eigenvalue weighted by Gasteiger charge is -2.27. The zero-order chi connectivity index (χ0) is 39.6. The van der Waals surface area contributed by atoms with Gasteiger partial charge in [-0.1, -0.05) is 170 Å². The van der Waals surface area contributed by atoms with E-state index in [0.29, 0.717) is 0 Å². The maximum Gasteiger partial charge on any atom is 0.0467 e. The minimum absolute atomic E-state index is 1.10. The van der Waals surface area contributed by atoms with Gasteiger partial charge in [-0.15, -0.1) is 11.3 Å². The van der Waals surface area contributed by atoms with Crippen molar-refractivity contribution in [2.45, 2.75) is 0 Å². The third-order valence-corrected chi connectivity index (χ3v) is 13.4. The molecule has 11 aromatic carbocycles. The number of benzene rings is 11. The standard InChI is InChI=1S/C58H37NS/c1-3-20-46-41(14-1)36-55(51-24-7-5-22-49(46)51)39-16-11-18-44(34-39)59(43-32-30-38(31-33-43)48-27-13-28-54-53-26-9-10-29-57(53)60-58(48)54)45-19-12-17-40(35-45)56-37-42-15-2-4-21-47(42)50-23-6-8-25-52(50)56/h1-37H. The van der Waals surface area contributed by atoms with Gasteiger partial charge in [0.05, 0.1) is 0 Å². The van der Waals surface area contributed by atoms with E-state index in [1.165, 1.54) is 96.6 Å². The molecule has 0 saturated heterocycles. The van der Waals surface area contributed by atoms with Crippen LogP contribution in [-0.2, 0) is 0 Å². The monoisotopic (exact) mass is 779 g/mol. The molecule has 1 nitrogen and oxygen atoms in total. The van der Waals surface area contributed by atoms with Gasteiger partial charge in [0.1, 0.15) is 0 Å². The molecule has 0 N–H and O–H groups in total. The summed E-state index contributed by atoms with van der Waals surface area (Å²) >= 11 is 1.88. The zero-order valence-electron chi connectivity index (χ0n) is 32.7. The normalized spacial score (nSPS) is 11.7. The van der Waals surface area contributed by atoms with Crippen LogP contribution in [0.4, 0.5) is 17.1 Å². The second kappa shape index (κ2) is 14.1. The number of anilines is 3. The van der Waals surface area contributed by atoms with Crippen molar-refractivity contribution < 1.29 is 0 Å². The third-order valence-electron chi connectivity index (χ3n) is 12.2. The highest BCUT2D eigenvalue weighted by Gasteiger charge is 2.18. The van der Waals surface area contributed by atoms with Crippen LogP contribution < -0.4 is 4.90 Å². The molecule has 0 radical (unpaired) electrons. The molecular formula is C58H37NS. The topological polar surface area (TPSA) is 3.24 Å². The summed E-state index contributed by atoms with van der Waals surface area (Å²) in [5, 5.41) is 12.7. The number of hydrogen-bond acceptors (Lipinski definition) is 2. The largest absolute Gasteiger partial charge is 0.310 e. The van der Waals surface area contributed by atoms with Crippen LogP contribution >= 0.6 is 11.3 Å². The highest BCUT2D eigenvalue weighted by Crippen LogP contribution is 2.44. The molecule has 12 rings (SSSR count). The summed E-state index contributed by atoms with van der Waals surface area (Å²) in [7, 11) is 0. The first-order chi connectivity index (χ1) is 29.7. The van der Waals surface area contributed by atoms with Gasteiger partial charge >= 0.3 is 0 Å². The molecule has 12 aromatic rings. The Morgan fingerprint density at radius 2 is 0.733 bits per heavy atom. The molecule has 0 saturated carbocycles. The fourth-order valence-corrected chi connectivity index (χ4v) is 10.7. The molecule has 0 fully saturated rings. The molecule has 1 heterocycles. The van der Waals surface area contributed by atoms with Crippen LogP contribution in [0, 0.1) is 0 Å². The average Bonchev–Trinajstić information content (AvgIpc) is 3.71. The molecule has 0 amide bonds. The summed E-state index contributed by atoms with van der Waals surface area (Å²) in [6.07, 6.45) is 0. The van der Waals surface area contributed by atoms with E-state index in [9.17, 15) is 0 Å². The van der Waals surface area contributed by atoms with Gasteiger partial charge < -0.3 is 4.90 Å². The van der Waals surface area contributed by atoms with Gasteiger partial charge in [0.15, 0.2) is 0 Å². The molecule has 0 unspecified atom stereocenters. The summed E-state index contributed by atoms with van der Waals surface area (Å²) in [4.78, 5) is 2.42. The van der Waals surface area contributed by atoms with Gasteiger partial charge in [0.2, 0.25) is 0 Å². The Labute approximate surface area is 352 Å². The number of fused-ring (bicyclic) bond motifs is 9. The molecule has 60 heavy (non-hydrogen) atoms. The fourth-order valence-electron chi connectivity index (χ4n) is 9.42. The highest BCUT2D eigenvalue weighted by atomic mass is 32.1. The zero-order valence-corrected chi connectivity index (χ0v) is 33.5. The number of hydrogen-bond donors (Lipinski definition) is 0. The summed E-state index contributed by atoms with van der Waals surface area (Å²) in [5.74, 6) is 0. The predicted octanol–water partition coefficient (Wildman–Crippen LogP) is 17.1. The summed E-state index contributed by atoms with van der Waals surface area (Å²) in [6.45, 7) is 0. The van der Waals surface area contributed by atoms with Crippen LogP contribution in [0.1, 0.15) is 0 Å². The van der Waals surface area contributed by atoms with Gasteiger partial charge in [-0.25, -0.2) is 0 Å². The number of thiophene rings is 1. The van der Waals surface area contributed by atoms with E-state index >= 15 is 0 Å². The molecule has 0 atom stereocenters.